The fourth-order valence-electron chi connectivity index (χ4n) is 1.24. The zero-order chi connectivity index (χ0) is 15.0. The van der Waals surface area contributed by atoms with Crippen LogP contribution in [0.4, 0.5) is 5.69 Å². The van der Waals surface area contributed by atoms with Crippen LogP contribution in [0.3, 0.4) is 0 Å². The smallest absolute Gasteiger partial charge is 0.269 e. The van der Waals surface area contributed by atoms with E-state index in [1.54, 1.807) is 0 Å². The van der Waals surface area contributed by atoms with Crippen LogP contribution in [-0.4, -0.2) is 39.9 Å². The molecule has 0 unspecified atom stereocenters. The second-order valence-corrected chi connectivity index (χ2v) is 5.33. The molecule has 1 aromatic carbocycles. The summed E-state index contributed by atoms with van der Waals surface area (Å²) in [5, 5.41) is 10.5. The van der Waals surface area contributed by atoms with Gasteiger partial charge in [0.15, 0.2) is 0 Å². The van der Waals surface area contributed by atoms with Crippen LogP contribution < -0.4 is 4.72 Å². The van der Waals surface area contributed by atoms with E-state index in [1.165, 1.54) is 0 Å². The number of nitro benzene ring substituents is 1. The van der Waals surface area contributed by atoms with Gasteiger partial charge in [-0.15, -0.1) is 0 Å². The van der Waals surface area contributed by atoms with Crippen molar-refractivity contribution in [3.8, 4) is 0 Å². The molecule has 0 aromatic heterocycles. The molecule has 20 heavy (non-hydrogen) atoms. The molecule has 8 nitrogen and oxygen atoms in total. The van der Waals surface area contributed by atoms with E-state index >= 15 is 0 Å². The van der Waals surface area contributed by atoms with Gasteiger partial charge >= 0.3 is 0 Å². The Morgan fingerprint density at radius 2 is 1.80 bits per heavy atom. The highest BCUT2D eigenvalue weighted by atomic mass is 32.2. The topological polar surface area (TPSA) is 108 Å². The van der Waals surface area contributed by atoms with Crippen molar-refractivity contribution in [3.63, 3.8) is 0 Å². The van der Waals surface area contributed by atoms with Gasteiger partial charge in [0.25, 0.3) is 5.69 Å². The molecule has 1 aromatic rings. The standard InChI is InChI=1S/C11H15N2O6S/c1-2-18-7-8-19-9-12-20(16,17)11-5-3-10(4-6-11)13(14)15/h3-6,12H,1-2,7-9H2. The first-order chi connectivity index (χ1) is 9.47. The molecule has 0 saturated carbocycles. The fourth-order valence-corrected chi connectivity index (χ4v) is 2.14. The van der Waals surface area contributed by atoms with Crippen molar-refractivity contribution in [2.45, 2.75) is 4.90 Å². The van der Waals surface area contributed by atoms with Crippen LogP contribution in [0.5, 0.6) is 0 Å². The molecule has 0 amide bonds. The molecule has 0 saturated heterocycles. The summed E-state index contributed by atoms with van der Waals surface area (Å²) in [6.45, 7) is 4.13. The summed E-state index contributed by atoms with van der Waals surface area (Å²) in [6, 6.07) is 4.56. The summed E-state index contributed by atoms with van der Waals surface area (Å²) >= 11 is 0. The predicted molar refractivity (Wildman–Crippen MR) is 70.4 cm³/mol. The van der Waals surface area contributed by atoms with Gasteiger partial charge in [-0.2, -0.15) is 4.72 Å². The van der Waals surface area contributed by atoms with Crippen molar-refractivity contribution in [1.82, 2.24) is 4.72 Å². The van der Waals surface area contributed by atoms with Crippen molar-refractivity contribution in [1.29, 1.82) is 0 Å². The number of nitro groups is 1. The lowest BCUT2D eigenvalue weighted by Crippen LogP contribution is -2.27. The van der Waals surface area contributed by atoms with E-state index in [-0.39, 0.29) is 23.9 Å². The lowest BCUT2D eigenvalue weighted by Gasteiger charge is -2.07. The van der Waals surface area contributed by atoms with Gasteiger partial charge in [-0.1, -0.05) is 0 Å². The largest absolute Gasteiger partial charge is 0.379 e. The maximum Gasteiger partial charge on any atom is 0.269 e. The minimum atomic E-state index is -3.75. The zero-order valence-electron chi connectivity index (χ0n) is 10.6. The Hall–Kier alpha value is -1.55. The molecule has 0 fully saturated rings. The summed E-state index contributed by atoms with van der Waals surface area (Å²) in [5.74, 6) is 0. The molecule has 0 heterocycles. The summed E-state index contributed by atoms with van der Waals surface area (Å²) < 4.78 is 35.7. The Labute approximate surface area is 116 Å². The quantitative estimate of drug-likeness (QED) is 0.311. The average molecular weight is 303 g/mol. The number of non-ortho nitro benzene ring substituents is 1. The number of sulfonamides is 1. The molecular weight excluding hydrogens is 288 g/mol. The van der Waals surface area contributed by atoms with E-state index in [9.17, 15) is 18.5 Å². The van der Waals surface area contributed by atoms with Crippen molar-refractivity contribution >= 4 is 15.7 Å². The van der Waals surface area contributed by atoms with E-state index in [0.29, 0.717) is 13.2 Å². The van der Waals surface area contributed by atoms with Crippen molar-refractivity contribution in [2.24, 2.45) is 0 Å². The van der Waals surface area contributed by atoms with Gasteiger partial charge in [0.05, 0.1) is 23.0 Å². The van der Waals surface area contributed by atoms with Gasteiger partial charge in [0.2, 0.25) is 10.0 Å². The van der Waals surface area contributed by atoms with Crippen molar-refractivity contribution in [2.75, 3.05) is 26.6 Å². The highest BCUT2D eigenvalue weighted by molar-refractivity contribution is 7.89. The maximum atomic E-state index is 11.8. The first kappa shape index (κ1) is 16.5. The first-order valence-corrected chi connectivity index (χ1v) is 7.14. The van der Waals surface area contributed by atoms with Crippen molar-refractivity contribution in [3.05, 3.63) is 41.3 Å². The lowest BCUT2D eigenvalue weighted by atomic mass is 10.3. The van der Waals surface area contributed by atoms with Gasteiger partial charge in [0.1, 0.15) is 6.73 Å². The molecule has 0 spiro atoms. The summed E-state index contributed by atoms with van der Waals surface area (Å²) in [7, 11) is -3.75. The van der Waals surface area contributed by atoms with Gasteiger partial charge in [-0.3, -0.25) is 10.1 Å². The lowest BCUT2D eigenvalue weighted by molar-refractivity contribution is -0.384. The van der Waals surface area contributed by atoms with Gasteiger partial charge in [-0.05, 0) is 19.1 Å². The Morgan fingerprint density at radius 1 is 1.20 bits per heavy atom. The second kappa shape index (κ2) is 7.90. The van der Waals surface area contributed by atoms with E-state index in [0.717, 1.165) is 24.3 Å². The van der Waals surface area contributed by atoms with E-state index in [4.69, 9.17) is 9.47 Å². The van der Waals surface area contributed by atoms with Crippen LogP contribution in [-0.2, 0) is 19.5 Å². The Kier molecular flexibility index (Phi) is 6.52. The molecular formula is C11H15N2O6S. The summed E-state index contributed by atoms with van der Waals surface area (Å²) in [5.41, 5.74) is -0.175. The molecule has 1 radical (unpaired) electrons. The number of rotatable bonds is 9. The summed E-state index contributed by atoms with van der Waals surface area (Å²) in [6.07, 6.45) is 0. The second-order valence-electron chi connectivity index (χ2n) is 3.56. The number of hydrogen-bond acceptors (Lipinski definition) is 6. The third-order valence-corrected chi connectivity index (χ3v) is 3.62. The number of hydrogen-bond donors (Lipinski definition) is 1. The normalized spacial score (nSPS) is 11.4. The van der Waals surface area contributed by atoms with Gasteiger partial charge in [0, 0.05) is 18.7 Å². The highest BCUT2D eigenvalue weighted by Gasteiger charge is 2.15. The molecule has 0 aliphatic rings. The van der Waals surface area contributed by atoms with Crippen LogP contribution >= 0.6 is 0 Å². The SMILES string of the molecule is [CH2]COCCOCNS(=O)(=O)c1ccc([N+](=O)[O-])cc1. The van der Waals surface area contributed by atoms with Gasteiger partial charge in [-0.25, -0.2) is 8.42 Å². The van der Waals surface area contributed by atoms with Crippen LogP contribution in [0.15, 0.2) is 29.2 Å². The minimum absolute atomic E-state index is 0.0688. The minimum Gasteiger partial charge on any atom is -0.379 e. The van der Waals surface area contributed by atoms with Crippen LogP contribution in [0, 0.1) is 17.0 Å². The average Bonchev–Trinajstić information content (AvgIpc) is 2.43. The Morgan fingerprint density at radius 3 is 2.35 bits per heavy atom. The van der Waals surface area contributed by atoms with E-state index in [1.807, 2.05) is 0 Å². The highest BCUT2D eigenvalue weighted by Crippen LogP contribution is 2.15. The molecule has 0 atom stereocenters. The molecule has 111 valence electrons. The Balaban J connectivity index is 2.49. The predicted octanol–water partition coefficient (Wildman–Crippen LogP) is 0.698. The van der Waals surface area contributed by atoms with Crippen LogP contribution in [0.25, 0.3) is 0 Å². The van der Waals surface area contributed by atoms with Crippen molar-refractivity contribution < 1.29 is 22.8 Å². The van der Waals surface area contributed by atoms with Crippen LogP contribution in [0.2, 0.25) is 0 Å². The number of nitrogens with one attached hydrogen (secondary N) is 1. The molecule has 1 N–H and O–H groups in total. The third-order valence-electron chi connectivity index (χ3n) is 2.23. The molecule has 9 heteroatoms. The van der Waals surface area contributed by atoms with E-state index < -0.39 is 14.9 Å². The molecule has 0 bridgehead atoms. The van der Waals surface area contributed by atoms with E-state index in [2.05, 4.69) is 11.6 Å². The zero-order valence-corrected chi connectivity index (χ0v) is 11.5. The van der Waals surface area contributed by atoms with Gasteiger partial charge < -0.3 is 9.47 Å². The molecule has 0 aliphatic carbocycles. The molecule has 1 rings (SSSR count). The fraction of sp³-hybridized carbons (Fsp3) is 0.364. The number of ether oxygens (including phenoxy) is 2. The molecule has 0 aliphatic heterocycles. The third kappa shape index (κ3) is 5.21. The Bertz CT molecular complexity index is 528. The summed E-state index contributed by atoms with van der Waals surface area (Å²) in [4.78, 5) is 9.79. The van der Waals surface area contributed by atoms with Crippen LogP contribution in [0.1, 0.15) is 0 Å². The first-order valence-electron chi connectivity index (χ1n) is 5.66. The number of benzene rings is 1. The monoisotopic (exact) mass is 303 g/mol. The maximum absolute atomic E-state index is 11.8. The number of nitrogens with zero attached hydrogens (tertiary/aromatic N) is 1.